The van der Waals surface area contributed by atoms with Crippen LogP contribution in [0.4, 0.5) is 5.69 Å². The minimum absolute atomic E-state index is 0.425. The summed E-state index contributed by atoms with van der Waals surface area (Å²) in [7, 11) is 1.92. The standard InChI is InChI=1S/C25H25N2O/c1-14(2)18-12-17(5)27(7)21(13-18)23-16(4)11-15(3)22-19-9-8-10-20(26-6)24(19)28-25(22)23/h8-14H,1-5,7H3/q+1/i1D3,14D. The van der Waals surface area contributed by atoms with Crippen LogP contribution in [0.5, 0.6) is 0 Å². The number of benzene rings is 2. The normalized spacial score (nSPS) is 16.1. The fourth-order valence-corrected chi connectivity index (χ4v) is 3.98. The van der Waals surface area contributed by atoms with Gasteiger partial charge >= 0.3 is 0 Å². The van der Waals surface area contributed by atoms with Crippen molar-refractivity contribution in [2.75, 3.05) is 0 Å². The van der Waals surface area contributed by atoms with Crippen LogP contribution in [-0.4, -0.2) is 0 Å². The van der Waals surface area contributed by atoms with Gasteiger partial charge in [-0.1, -0.05) is 38.0 Å². The molecule has 0 amide bonds. The molecule has 3 heteroatoms. The Morgan fingerprint density at radius 3 is 2.64 bits per heavy atom. The molecule has 2 aromatic heterocycles. The molecule has 28 heavy (non-hydrogen) atoms. The van der Waals surface area contributed by atoms with Crippen molar-refractivity contribution < 1.29 is 14.5 Å². The van der Waals surface area contributed by atoms with Crippen molar-refractivity contribution >= 4 is 27.6 Å². The maximum atomic E-state index is 8.61. The molecule has 4 rings (SSSR count). The quantitative estimate of drug-likeness (QED) is 0.284. The number of aryl methyl sites for hydroxylation is 3. The number of para-hydroxylation sites is 1. The molecule has 0 aliphatic rings. The van der Waals surface area contributed by atoms with E-state index in [0.29, 0.717) is 22.4 Å². The molecular weight excluding hydrogens is 344 g/mol. The highest BCUT2D eigenvalue weighted by Gasteiger charge is 2.24. The smallest absolute Gasteiger partial charge is 0.229 e. The van der Waals surface area contributed by atoms with E-state index in [2.05, 4.69) is 10.9 Å². The molecule has 0 bridgehead atoms. The van der Waals surface area contributed by atoms with Crippen LogP contribution in [0.3, 0.4) is 0 Å². The maximum absolute atomic E-state index is 8.61. The van der Waals surface area contributed by atoms with Crippen LogP contribution in [0, 0.1) is 27.3 Å². The van der Waals surface area contributed by atoms with E-state index < -0.39 is 12.7 Å². The molecule has 0 aliphatic heterocycles. The highest BCUT2D eigenvalue weighted by Crippen LogP contribution is 2.42. The van der Waals surface area contributed by atoms with Crippen molar-refractivity contribution in [2.45, 2.75) is 40.4 Å². The third kappa shape index (κ3) is 2.60. The van der Waals surface area contributed by atoms with E-state index in [1.807, 2.05) is 44.5 Å². The second kappa shape index (κ2) is 6.49. The van der Waals surface area contributed by atoms with Crippen molar-refractivity contribution in [3.05, 3.63) is 70.2 Å². The van der Waals surface area contributed by atoms with Gasteiger partial charge in [-0.3, -0.25) is 0 Å². The molecular formula is C25H25N2O+. The highest BCUT2D eigenvalue weighted by atomic mass is 16.3. The zero-order valence-corrected chi connectivity index (χ0v) is 16.8. The first-order chi connectivity index (χ1) is 14.9. The van der Waals surface area contributed by atoms with Gasteiger partial charge in [0.15, 0.2) is 5.69 Å². The van der Waals surface area contributed by atoms with Gasteiger partial charge in [0.2, 0.25) is 11.4 Å². The van der Waals surface area contributed by atoms with Gasteiger partial charge in [-0.2, -0.15) is 4.57 Å². The molecule has 1 unspecified atom stereocenters. The lowest BCUT2D eigenvalue weighted by Crippen LogP contribution is -2.35. The summed E-state index contributed by atoms with van der Waals surface area (Å²) < 4.78 is 40.6. The van der Waals surface area contributed by atoms with Gasteiger partial charge in [0, 0.05) is 35.3 Å². The molecule has 0 spiro atoms. The minimum Gasteiger partial charge on any atom is -0.466 e. The van der Waals surface area contributed by atoms with Crippen LogP contribution in [0.2, 0.25) is 0 Å². The number of fused-ring (bicyclic) bond motifs is 3. The molecule has 0 fully saturated rings. The third-order valence-electron chi connectivity index (χ3n) is 5.50. The van der Waals surface area contributed by atoms with Gasteiger partial charge in [-0.15, -0.1) is 0 Å². The van der Waals surface area contributed by atoms with Crippen LogP contribution >= 0.6 is 0 Å². The summed E-state index contributed by atoms with van der Waals surface area (Å²) in [5, 5.41) is 1.83. The van der Waals surface area contributed by atoms with Crippen LogP contribution < -0.4 is 4.57 Å². The van der Waals surface area contributed by atoms with Gasteiger partial charge in [0.1, 0.15) is 18.2 Å². The summed E-state index contributed by atoms with van der Waals surface area (Å²) in [5.41, 5.74) is 6.58. The number of pyridine rings is 1. The van der Waals surface area contributed by atoms with Crippen LogP contribution in [0.15, 0.2) is 40.8 Å². The van der Waals surface area contributed by atoms with Crippen molar-refractivity contribution in [1.82, 2.24) is 0 Å². The monoisotopic (exact) mass is 373 g/mol. The Bertz CT molecular complexity index is 1440. The second-order valence-corrected chi connectivity index (χ2v) is 7.41. The van der Waals surface area contributed by atoms with Gasteiger partial charge in [-0.05, 0) is 36.4 Å². The van der Waals surface area contributed by atoms with Crippen molar-refractivity contribution in [2.24, 2.45) is 7.05 Å². The number of hydrogen-bond acceptors (Lipinski definition) is 1. The summed E-state index contributed by atoms with van der Waals surface area (Å²) in [5.74, 6) is -1.76. The first-order valence-corrected chi connectivity index (χ1v) is 9.23. The molecule has 0 N–H and O–H groups in total. The molecule has 2 heterocycles. The van der Waals surface area contributed by atoms with E-state index in [9.17, 15) is 0 Å². The fraction of sp³-hybridized carbons (Fsp3) is 0.280. The molecule has 2 aromatic carbocycles. The highest BCUT2D eigenvalue weighted by molar-refractivity contribution is 6.14. The lowest BCUT2D eigenvalue weighted by Gasteiger charge is -2.12. The Hall–Kier alpha value is -3.12. The second-order valence-electron chi connectivity index (χ2n) is 7.41. The first-order valence-electron chi connectivity index (χ1n) is 11.2. The number of hydrogen-bond donors (Lipinski definition) is 0. The SMILES string of the molecule is [2H]C([2H])([2H])C([2H])(C)c1cc(C)[n+](C)c(-c2c(C)cc(C)c3c2oc2c([N+]#[C-])cccc23)c1. The van der Waals surface area contributed by atoms with Gasteiger partial charge in [0.25, 0.3) is 0 Å². The third-order valence-corrected chi connectivity index (χ3v) is 5.50. The molecule has 0 aliphatic carbocycles. The number of rotatable bonds is 2. The fourth-order valence-electron chi connectivity index (χ4n) is 3.98. The number of nitrogens with zero attached hydrogens (tertiary/aromatic N) is 2. The van der Waals surface area contributed by atoms with E-state index in [1.165, 1.54) is 6.92 Å². The summed E-state index contributed by atoms with van der Waals surface area (Å²) in [6.45, 7) is 12.4. The zero-order valence-electron chi connectivity index (χ0n) is 20.8. The van der Waals surface area contributed by atoms with Gasteiger partial charge in [-0.25, -0.2) is 4.85 Å². The van der Waals surface area contributed by atoms with E-state index in [1.54, 1.807) is 18.2 Å². The van der Waals surface area contributed by atoms with Crippen LogP contribution in [-0.2, 0) is 7.05 Å². The minimum atomic E-state index is -2.47. The van der Waals surface area contributed by atoms with Crippen molar-refractivity contribution in [3.8, 4) is 11.3 Å². The Morgan fingerprint density at radius 1 is 1.14 bits per heavy atom. The molecule has 0 saturated carbocycles. The van der Waals surface area contributed by atoms with Gasteiger partial charge in [0.05, 0.1) is 12.1 Å². The molecule has 0 saturated heterocycles. The Labute approximate surface area is 171 Å². The van der Waals surface area contributed by atoms with Crippen molar-refractivity contribution in [1.29, 1.82) is 0 Å². The molecule has 3 nitrogen and oxygen atoms in total. The average molecular weight is 374 g/mol. The van der Waals surface area contributed by atoms with Crippen molar-refractivity contribution in [3.63, 3.8) is 0 Å². The van der Waals surface area contributed by atoms with E-state index in [0.717, 1.165) is 38.9 Å². The summed E-state index contributed by atoms with van der Waals surface area (Å²) >= 11 is 0. The van der Waals surface area contributed by atoms with Crippen LogP contribution in [0.1, 0.15) is 47.5 Å². The number of aromatic nitrogens is 1. The Kier molecular flexibility index (Phi) is 3.24. The average Bonchev–Trinajstić information content (AvgIpc) is 3.09. The Morgan fingerprint density at radius 2 is 1.93 bits per heavy atom. The topological polar surface area (TPSA) is 21.4 Å². The lowest BCUT2D eigenvalue weighted by molar-refractivity contribution is -0.666. The zero-order chi connectivity index (χ0) is 23.6. The van der Waals surface area contributed by atoms with E-state index in [-0.39, 0.29) is 0 Å². The lowest BCUT2D eigenvalue weighted by atomic mass is 9.94. The molecule has 1 atom stereocenters. The van der Waals surface area contributed by atoms with E-state index in [4.69, 9.17) is 16.5 Å². The van der Waals surface area contributed by atoms with Gasteiger partial charge < -0.3 is 4.42 Å². The predicted molar refractivity (Wildman–Crippen MR) is 115 cm³/mol. The summed E-state index contributed by atoms with van der Waals surface area (Å²) in [4.78, 5) is 3.62. The summed E-state index contributed by atoms with van der Waals surface area (Å²) in [6.07, 6.45) is 0. The predicted octanol–water partition coefficient (Wildman–Crippen LogP) is 6.68. The molecule has 4 aromatic rings. The largest absolute Gasteiger partial charge is 0.466 e. The van der Waals surface area contributed by atoms with Crippen LogP contribution in [0.25, 0.3) is 38.0 Å². The number of furan rings is 1. The Balaban J connectivity index is 2.14. The summed E-state index contributed by atoms with van der Waals surface area (Å²) in [6, 6.07) is 11.2. The first kappa shape index (κ1) is 14.0. The molecule has 140 valence electrons. The maximum Gasteiger partial charge on any atom is 0.229 e. The van der Waals surface area contributed by atoms with E-state index >= 15 is 0 Å². The molecule has 0 radical (unpaired) electrons.